The lowest BCUT2D eigenvalue weighted by molar-refractivity contribution is -0.125. The van der Waals surface area contributed by atoms with Gasteiger partial charge in [0.2, 0.25) is 5.91 Å². The topological polar surface area (TPSA) is 54.0 Å². The molecule has 1 saturated heterocycles. The lowest BCUT2D eigenvalue weighted by Gasteiger charge is -2.41. The van der Waals surface area contributed by atoms with Gasteiger partial charge in [0.15, 0.2) is 0 Å². The second-order valence-electron chi connectivity index (χ2n) is 7.07. The van der Waals surface area contributed by atoms with Crippen molar-refractivity contribution >= 4 is 42.1 Å². The summed E-state index contributed by atoms with van der Waals surface area (Å²) in [4.78, 5) is 17.2. The van der Waals surface area contributed by atoms with E-state index in [0.717, 1.165) is 36.6 Å². The van der Waals surface area contributed by atoms with E-state index in [4.69, 9.17) is 0 Å². The Balaban J connectivity index is 0.00000144. The highest BCUT2D eigenvalue weighted by Crippen LogP contribution is 2.42. The Labute approximate surface area is 161 Å². The highest BCUT2D eigenvalue weighted by molar-refractivity contribution is 7.09. The number of hydrogen-bond donors (Lipinski definition) is 2. The highest BCUT2D eigenvalue weighted by Gasteiger charge is 2.42. The van der Waals surface area contributed by atoms with Crippen molar-refractivity contribution in [3.63, 3.8) is 0 Å². The number of amides is 1. The van der Waals surface area contributed by atoms with Crippen LogP contribution in [0.2, 0.25) is 0 Å². The Morgan fingerprint density at radius 3 is 2.71 bits per heavy atom. The maximum Gasteiger partial charge on any atom is 0.221 e. The maximum atomic E-state index is 12.5. The number of halogens is 2. The smallest absolute Gasteiger partial charge is 0.221 e. The van der Waals surface area contributed by atoms with Crippen molar-refractivity contribution < 1.29 is 4.79 Å². The zero-order valence-corrected chi connectivity index (χ0v) is 16.9. The molecule has 4 nitrogen and oxygen atoms in total. The van der Waals surface area contributed by atoms with Crippen molar-refractivity contribution in [1.29, 1.82) is 0 Å². The van der Waals surface area contributed by atoms with E-state index in [9.17, 15) is 4.79 Å². The molecule has 2 heterocycles. The summed E-state index contributed by atoms with van der Waals surface area (Å²) >= 11 is 1.69. The predicted octanol–water partition coefficient (Wildman–Crippen LogP) is 3.82. The van der Waals surface area contributed by atoms with Crippen LogP contribution in [-0.4, -0.2) is 24.0 Å². The van der Waals surface area contributed by atoms with Crippen LogP contribution in [-0.2, 0) is 10.3 Å². The molecule has 1 aromatic heterocycles. The minimum atomic E-state index is -0.166. The molecule has 1 amide bonds. The molecule has 1 aliphatic carbocycles. The van der Waals surface area contributed by atoms with E-state index in [1.807, 2.05) is 6.92 Å². The van der Waals surface area contributed by atoms with E-state index >= 15 is 0 Å². The van der Waals surface area contributed by atoms with Gasteiger partial charge in [0.1, 0.15) is 5.01 Å². The largest absolute Gasteiger partial charge is 0.344 e. The summed E-state index contributed by atoms with van der Waals surface area (Å²) in [6, 6.07) is 0. The number of carbonyl (C=O) groups excluding carboxylic acids is 1. The number of carbonyl (C=O) groups is 1. The van der Waals surface area contributed by atoms with E-state index in [1.54, 1.807) is 11.3 Å². The fraction of sp³-hybridized carbons (Fsp3) is 0.765. The summed E-state index contributed by atoms with van der Waals surface area (Å²) < 4.78 is 0. The van der Waals surface area contributed by atoms with Crippen molar-refractivity contribution in [2.24, 2.45) is 11.8 Å². The standard InChI is InChI=1S/C17H27N3OS.2ClH/c1-12(14-5-3-8-18-10-14)9-15(21)20-17(6-4-7-17)16-19-13(2)11-22-16;;/h11-12,14,18H,3-10H2,1-2H3,(H,20,21);2*1H. The second-order valence-corrected chi connectivity index (χ2v) is 7.92. The van der Waals surface area contributed by atoms with Gasteiger partial charge in [0, 0.05) is 17.5 Å². The average Bonchev–Trinajstić information content (AvgIpc) is 2.90. The monoisotopic (exact) mass is 393 g/mol. The highest BCUT2D eigenvalue weighted by atomic mass is 35.5. The molecule has 2 N–H and O–H groups in total. The summed E-state index contributed by atoms with van der Waals surface area (Å²) in [6.45, 7) is 6.43. The Bertz CT molecular complexity index is 528. The van der Waals surface area contributed by atoms with Gasteiger partial charge in [-0.25, -0.2) is 4.98 Å². The van der Waals surface area contributed by atoms with Crippen LogP contribution in [0.3, 0.4) is 0 Å². The van der Waals surface area contributed by atoms with Crippen molar-refractivity contribution in [3.05, 3.63) is 16.1 Å². The van der Waals surface area contributed by atoms with Gasteiger partial charge in [-0.05, 0) is 64.0 Å². The van der Waals surface area contributed by atoms with Crippen LogP contribution in [0.25, 0.3) is 0 Å². The predicted molar refractivity (Wildman–Crippen MR) is 104 cm³/mol. The molecule has 0 bridgehead atoms. The number of piperidine rings is 1. The molecule has 3 rings (SSSR count). The maximum absolute atomic E-state index is 12.5. The van der Waals surface area contributed by atoms with E-state index < -0.39 is 0 Å². The van der Waals surface area contributed by atoms with Crippen molar-refractivity contribution in [3.8, 4) is 0 Å². The third kappa shape index (κ3) is 4.84. The van der Waals surface area contributed by atoms with Gasteiger partial charge in [-0.15, -0.1) is 36.2 Å². The fourth-order valence-electron chi connectivity index (χ4n) is 3.64. The Morgan fingerprint density at radius 1 is 1.46 bits per heavy atom. The number of nitrogens with zero attached hydrogens (tertiary/aromatic N) is 1. The first-order valence-corrected chi connectivity index (χ1v) is 9.41. The molecule has 2 fully saturated rings. The molecule has 2 unspecified atom stereocenters. The molecular formula is C17H29Cl2N3OS. The van der Waals surface area contributed by atoms with Gasteiger partial charge in [0.05, 0.1) is 5.54 Å². The molecule has 0 aromatic carbocycles. The molecule has 1 aliphatic heterocycles. The third-order valence-electron chi connectivity index (χ3n) is 5.26. The molecular weight excluding hydrogens is 365 g/mol. The summed E-state index contributed by atoms with van der Waals surface area (Å²) in [5, 5.41) is 9.94. The second kappa shape index (κ2) is 9.37. The van der Waals surface area contributed by atoms with Crippen LogP contribution >= 0.6 is 36.2 Å². The number of aromatic nitrogens is 1. The first kappa shape index (κ1) is 21.7. The number of nitrogens with one attached hydrogen (secondary N) is 2. The van der Waals surface area contributed by atoms with Crippen molar-refractivity contribution in [1.82, 2.24) is 15.6 Å². The summed E-state index contributed by atoms with van der Waals surface area (Å²) in [5.41, 5.74) is 0.891. The molecule has 2 aliphatic rings. The zero-order valence-electron chi connectivity index (χ0n) is 14.5. The fourth-order valence-corrected chi connectivity index (χ4v) is 4.65. The Hall–Kier alpha value is -0.360. The van der Waals surface area contributed by atoms with Gasteiger partial charge in [-0.1, -0.05) is 6.92 Å². The van der Waals surface area contributed by atoms with Gasteiger partial charge in [-0.3, -0.25) is 4.79 Å². The quantitative estimate of drug-likeness (QED) is 0.799. The Morgan fingerprint density at radius 2 is 2.21 bits per heavy atom. The van der Waals surface area contributed by atoms with Crippen molar-refractivity contribution in [2.75, 3.05) is 13.1 Å². The number of aryl methyl sites for hydroxylation is 1. The number of rotatable bonds is 5. The number of hydrogen-bond acceptors (Lipinski definition) is 4. The summed E-state index contributed by atoms with van der Waals surface area (Å²) in [7, 11) is 0. The van der Waals surface area contributed by atoms with Crippen LogP contribution in [0, 0.1) is 18.8 Å². The summed E-state index contributed by atoms with van der Waals surface area (Å²) in [6.07, 6.45) is 6.37. The number of thiazole rings is 1. The van der Waals surface area contributed by atoms with Gasteiger partial charge < -0.3 is 10.6 Å². The van der Waals surface area contributed by atoms with Crippen LogP contribution in [0.1, 0.15) is 56.2 Å². The first-order chi connectivity index (χ1) is 10.6. The minimum absolute atomic E-state index is 0. The molecule has 24 heavy (non-hydrogen) atoms. The van der Waals surface area contributed by atoms with Gasteiger partial charge in [-0.2, -0.15) is 0 Å². The van der Waals surface area contributed by atoms with E-state index in [2.05, 4.69) is 27.9 Å². The summed E-state index contributed by atoms with van der Waals surface area (Å²) in [5.74, 6) is 1.28. The van der Waals surface area contributed by atoms with Crippen LogP contribution in [0.15, 0.2) is 5.38 Å². The molecule has 138 valence electrons. The Kier molecular flexibility index (Phi) is 8.46. The van der Waals surface area contributed by atoms with Crippen molar-refractivity contribution in [2.45, 2.75) is 57.9 Å². The third-order valence-corrected chi connectivity index (χ3v) is 6.43. The lowest BCUT2D eigenvalue weighted by atomic mass is 9.76. The van der Waals surface area contributed by atoms with E-state index in [0.29, 0.717) is 18.3 Å². The zero-order chi connectivity index (χ0) is 15.6. The SMILES string of the molecule is Cc1csc(C2(NC(=O)CC(C)C3CCCNC3)CCC2)n1.Cl.Cl. The van der Waals surface area contributed by atoms with Gasteiger partial charge >= 0.3 is 0 Å². The van der Waals surface area contributed by atoms with Crippen LogP contribution in [0.4, 0.5) is 0 Å². The molecule has 1 aromatic rings. The van der Waals surface area contributed by atoms with Gasteiger partial charge in [0.25, 0.3) is 0 Å². The molecule has 7 heteroatoms. The average molecular weight is 394 g/mol. The molecule has 2 atom stereocenters. The van der Waals surface area contributed by atoms with Crippen LogP contribution in [0.5, 0.6) is 0 Å². The first-order valence-electron chi connectivity index (χ1n) is 8.53. The van der Waals surface area contributed by atoms with E-state index in [1.165, 1.54) is 19.3 Å². The minimum Gasteiger partial charge on any atom is -0.344 e. The van der Waals surface area contributed by atoms with E-state index in [-0.39, 0.29) is 36.3 Å². The molecule has 0 radical (unpaired) electrons. The molecule has 1 saturated carbocycles. The molecule has 0 spiro atoms. The normalized spacial score (nSPS) is 23.2. The lowest BCUT2D eigenvalue weighted by Crippen LogP contribution is -2.51. The van der Waals surface area contributed by atoms with Crippen LogP contribution < -0.4 is 10.6 Å².